The van der Waals surface area contributed by atoms with Crippen molar-refractivity contribution < 1.29 is 14.3 Å². The van der Waals surface area contributed by atoms with Crippen LogP contribution in [0.1, 0.15) is 42.6 Å². The Labute approximate surface area is 183 Å². The Morgan fingerprint density at radius 1 is 1.29 bits per heavy atom. The number of ether oxygens (including phenoxy) is 2. The predicted molar refractivity (Wildman–Crippen MR) is 119 cm³/mol. The number of hydrogen-bond acceptors (Lipinski definition) is 8. The third-order valence-corrected chi connectivity index (χ3v) is 6.47. The van der Waals surface area contributed by atoms with Crippen LogP contribution < -0.4 is 4.74 Å². The maximum Gasteiger partial charge on any atom is 0.192 e. The van der Waals surface area contributed by atoms with Crippen LogP contribution in [-0.2, 0) is 29.2 Å². The molecule has 0 atom stereocenters. The normalized spacial score (nSPS) is 15.9. The minimum absolute atomic E-state index is 0.178. The first-order valence-electron chi connectivity index (χ1n) is 10.0. The maximum atomic E-state index is 5.96. The lowest BCUT2D eigenvalue weighted by Gasteiger charge is -2.30. The van der Waals surface area contributed by atoms with Crippen LogP contribution in [0.25, 0.3) is 15.9 Å². The van der Waals surface area contributed by atoms with E-state index in [0.29, 0.717) is 12.4 Å². The number of thiophene rings is 1. The standard InChI is InChI=1S/C22H23N5O3S/c1-13(14-5-7-15(28-4)8-6-14)26-30-11-18-24-20-19-16-9-22(2,3)29-10-17(16)31-21(19)23-12-27(20)25-18/h5-8,12H,9-11H2,1-4H3. The Hall–Kier alpha value is -3.04. The SMILES string of the molecule is COc1ccc(C(C)=NOCc2nc3c4c5c(sc4ncn3n2)COC(C)(C)C5)cc1. The van der Waals surface area contributed by atoms with Crippen molar-refractivity contribution >= 4 is 32.9 Å². The van der Waals surface area contributed by atoms with E-state index in [1.165, 1.54) is 10.4 Å². The molecule has 3 aromatic heterocycles. The highest BCUT2D eigenvalue weighted by molar-refractivity contribution is 7.19. The molecule has 0 saturated carbocycles. The van der Waals surface area contributed by atoms with Crippen LogP contribution in [-0.4, -0.2) is 38.0 Å². The van der Waals surface area contributed by atoms with Gasteiger partial charge in [0.05, 0.1) is 30.4 Å². The van der Waals surface area contributed by atoms with Gasteiger partial charge >= 0.3 is 0 Å². The Balaban J connectivity index is 1.40. The zero-order chi connectivity index (χ0) is 21.6. The summed E-state index contributed by atoms with van der Waals surface area (Å²) in [5.74, 6) is 1.36. The Bertz CT molecular complexity index is 1290. The lowest BCUT2D eigenvalue weighted by Crippen LogP contribution is -2.31. The van der Waals surface area contributed by atoms with Gasteiger partial charge in [-0.05, 0) is 56.2 Å². The van der Waals surface area contributed by atoms with E-state index >= 15 is 0 Å². The lowest BCUT2D eigenvalue weighted by atomic mass is 9.94. The van der Waals surface area contributed by atoms with Crippen LogP contribution in [0, 0.1) is 0 Å². The minimum Gasteiger partial charge on any atom is -0.497 e. The van der Waals surface area contributed by atoms with Crippen molar-refractivity contribution in [3.05, 3.63) is 52.4 Å². The molecule has 0 aliphatic carbocycles. The largest absolute Gasteiger partial charge is 0.497 e. The van der Waals surface area contributed by atoms with Crippen LogP contribution >= 0.6 is 11.3 Å². The van der Waals surface area contributed by atoms with Gasteiger partial charge in [-0.25, -0.2) is 14.5 Å². The highest BCUT2D eigenvalue weighted by atomic mass is 32.1. The van der Waals surface area contributed by atoms with Crippen LogP contribution in [0.4, 0.5) is 0 Å². The molecule has 0 saturated heterocycles. The summed E-state index contributed by atoms with van der Waals surface area (Å²) in [6, 6.07) is 7.67. The van der Waals surface area contributed by atoms with Crippen LogP contribution in [0.3, 0.4) is 0 Å². The van der Waals surface area contributed by atoms with Crippen molar-refractivity contribution in [1.29, 1.82) is 0 Å². The van der Waals surface area contributed by atoms with E-state index in [4.69, 9.17) is 19.3 Å². The van der Waals surface area contributed by atoms with Gasteiger partial charge in [0, 0.05) is 11.3 Å². The second-order valence-corrected chi connectivity index (χ2v) is 9.21. The lowest BCUT2D eigenvalue weighted by molar-refractivity contribution is -0.0379. The van der Waals surface area contributed by atoms with Crippen LogP contribution in [0.2, 0.25) is 0 Å². The minimum atomic E-state index is -0.201. The molecule has 1 aromatic carbocycles. The molecule has 0 bridgehead atoms. The Kier molecular flexibility index (Phi) is 4.86. The summed E-state index contributed by atoms with van der Waals surface area (Å²) in [5.41, 5.74) is 3.60. The number of hydrogen-bond donors (Lipinski definition) is 0. The zero-order valence-electron chi connectivity index (χ0n) is 17.9. The average Bonchev–Trinajstić information content (AvgIpc) is 3.33. The molecule has 4 aromatic rings. The summed E-state index contributed by atoms with van der Waals surface area (Å²) in [7, 11) is 1.64. The van der Waals surface area contributed by atoms with E-state index in [2.05, 4.69) is 29.1 Å². The molecule has 31 heavy (non-hydrogen) atoms. The summed E-state index contributed by atoms with van der Waals surface area (Å²) in [4.78, 5) is 17.0. The number of rotatable bonds is 5. The van der Waals surface area contributed by atoms with Crippen LogP contribution in [0.15, 0.2) is 35.7 Å². The third kappa shape index (κ3) is 3.75. The van der Waals surface area contributed by atoms with E-state index < -0.39 is 0 Å². The fraction of sp³-hybridized carbons (Fsp3) is 0.364. The molecular weight excluding hydrogens is 414 g/mol. The van der Waals surface area contributed by atoms with E-state index in [1.807, 2.05) is 31.2 Å². The third-order valence-electron chi connectivity index (χ3n) is 5.35. The molecular formula is C22H23N5O3S. The van der Waals surface area contributed by atoms with Crippen molar-refractivity contribution in [2.75, 3.05) is 7.11 Å². The average molecular weight is 438 g/mol. The van der Waals surface area contributed by atoms with Gasteiger partial charge in [0.1, 0.15) is 16.9 Å². The van der Waals surface area contributed by atoms with E-state index in [9.17, 15) is 0 Å². The summed E-state index contributed by atoms with van der Waals surface area (Å²) < 4.78 is 12.9. The molecule has 1 aliphatic rings. The number of aromatic nitrogens is 4. The number of fused-ring (bicyclic) bond motifs is 5. The Morgan fingerprint density at radius 2 is 2.10 bits per heavy atom. The smallest absolute Gasteiger partial charge is 0.192 e. The first kappa shape index (κ1) is 19.9. The molecule has 4 heterocycles. The molecule has 160 valence electrons. The molecule has 0 spiro atoms. The second-order valence-electron chi connectivity index (χ2n) is 8.13. The predicted octanol–water partition coefficient (Wildman–Crippen LogP) is 4.14. The molecule has 5 rings (SSSR count). The summed E-state index contributed by atoms with van der Waals surface area (Å²) >= 11 is 1.67. The van der Waals surface area contributed by atoms with Crippen LogP contribution in [0.5, 0.6) is 5.75 Å². The zero-order valence-corrected chi connectivity index (χ0v) is 18.7. The molecule has 9 heteroatoms. The van der Waals surface area contributed by atoms with Crippen molar-refractivity contribution in [3.8, 4) is 5.75 Å². The second kappa shape index (κ2) is 7.58. The quantitative estimate of drug-likeness (QED) is 0.345. The molecule has 0 fully saturated rings. The molecule has 0 radical (unpaired) electrons. The first-order chi connectivity index (χ1) is 14.9. The van der Waals surface area contributed by atoms with Gasteiger partial charge in [-0.1, -0.05) is 5.16 Å². The van der Waals surface area contributed by atoms with Crippen molar-refractivity contribution in [2.24, 2.45) is 5.16 Å². The summed E-state index contributed by atoms with van der Waals surface area (Å²) in [5, 5.41) is 9.80. The number of nitrogens with zero attached hydrogens (tertiary/aromatic N) is 5. The number of methoxy groups -OCH3 is 1. The van der Waals surface area contributed by atoms with Crippen molar-refractivity contribution in [1.82, 2.24) is 19.6 Å². The van der Waals surface area contributed by atoms with Gasteiger partial charge in [0.25, 0.3) is 0 Å². The molecule has 0 amide bonds. The number of oxime groups is 1. The highest BCUT2D eigenvalue weighted by Crippen LogP contribution is 2.39. The fourth-order valence-corrected chi connectivity index (χ4v) is 4.78. The highest BCUT2D eigenvalue weighted by Gasteiger charge is 2.30. The monoisotopic (exact) mass is 437 g/mol. The Morgan fingerprint density at radius 3 is 2.87 bits per heavy atom. The van der Waals surface area contributed by atoms with Crippen molar-refractivity contribution in [3.63, 3.8) is 0 Å². The summed E-state index contributed by atoms with van der Waals surface area (Å²) in [6.45, 7) is 6.91. The molecule has 8 nitrogen and oxygen atoms in total. The molecule has 0 unspecified atom stereocenters. The van der Waals surface area contributed by atoms with Gasteiger partial charge in [0.15, 0.2) is 18.1 Å². The van der Waals surface area contributed by atoms with Crippen molar-refractivity contribution in [2.45, 2.75) is 46.0 Å². The molecule has 0 N–H and O–H groups in total. The summed E-state index contributed by atoms with van der Waals surface area (Å²) in [6.07, 6.45) is 2.53. The van der Waals surface area contributed by atoms with Gasteiger partial charge in [-0.3, -0.25) is 0 Å². The van der Waals surface area contributed by atoms with Gasteiger partial charge in [-0.15, -0.1) is 16.4 Å². The first-order valence-corrected chi connectivity index (χ1v) is 10.8. The van der Waals surface area contributed by atoms with E-state index in [1.54, 1.807) is 29.3 Å². The van der Waals surface area contributed by atoms with E-state index in [0.717, 1.165) is 39.3 Å². The van der Waals surface area contributed by atoms with Gasteiger partial charge in [0.2, 0.25) is 0 Å². The fourth-order valence-electron chi connectivity index (χ4n) is 3.72. The topological polar surface area (TPSA) is 83.1 Å². The maximum absolute atomic E-state index is 5.96. The number of benzene rings is 1. The van der Waals surface area contributed by atoms with E-state index in [-0.39, 0.29) is 12.2 Å². The molecule has 1 aliphatic heterocycles. The van der Waals surface area contributed by atoms with Gasteiger partial charge in [-0.2, -0.15) is 0 Å². The van der Waals surface area contributed by atoms with Gasteiger partial charge < -0.3 is 14.3 Å².